The second-order valence-corrected chi connectivity index (χ2v) is 3.90. The predicted octanol–water partition coefficient (Wildman–Crippen LogP) is 3.38. The number of halogens is 4. The van der Waals surface area contributed by atoms with Crippen molar-refractivity contribution in [3.05, 3.63) is 48.3 Å². The van der Waals surface area contributed by atoms with Gasteiger partial charge in [-0.25, -0.2) is 4.98 Å². The normalized spacial score (nSPS) is 11.9. The van der Waals surface area contributed by atoms with Crippen LogP contribution in [0.3, 0.4) is 0 Å². The molecule has 0 aliphatic rings. The van der Waals surface area contributed by atoms with Crippen molar-refractivity contribution in [1.82, 2.24) is 4.98 Å². The highest BCUT2D eigenvalue weighted by Crippen LogP contribution is 2.29. The van der Waals surface area contributed by atoms with Gasteiger partial charge in [-0.15, -0.1) is 0 Å². The number of hydrogen-bond acceptors (Lipinski definition) is 3. The number of rotatable bonds is 4. The summed E-state index contributed by atoms with van der Waals surface area (Å²) in [5, 5.41) is 1.97. The number of aliphatic imine (C=N–C) groups is 1. The third-order valence-electron chi connectivity index (χ3n) is 2.02. The third-order valence-corrected chi connectivity index (χ3v) is 2.20. The molecule has 1 rings (SSSR count). The highest BCUT2D eigenvalue weighted by atomic mass is 35.5. The summed E-state index contributed by atoms with van der Waals surface area (Å²) < 4.78 is 37.5. The number of aromatic nitrogens is 1. The summed E-state index contributed by atoms with van der Waals surface area (Å²) in [6, 6.07) is 1.48. The summed E-state index contributed by atoms with van der Waals surface area (Å²) in [4.78, 5) is 18.9. The molecule has 0 aliphatic carbocycles. The van der Waals surface area contributed by atoms with E-state index in [1.54, 1.807) is 0 Å². The molecule has 1 amide bonds. The van der Waals surface area contributed by atoms with Gasteiger partial charge < -0.3 is 5.32 Å². The van der Waals surface area contributed by atoms with Crippen LogP contribution in [0.15, 0.2) is 47.7 Å². The molecule has 0 bridgehead atoms. The maximum Gasteiger partial charge on any atom is 0.416 e. The van der Waals surface area contributed by atoms with Gasteiger partial charge >= 0.3 is 6.18 Å². The van der Waals surface area contributed by atoms with Gasteiger partial charge in [0.2, 0.25) is 0 Å². The molecule has 0 aromatic carbocycles. The lowest BCUT2D eigenvalue weighted by Crippen LogP contribution is -2.23. The van der Waals surface area contributed by atoms with Gasteiger partial charge in [0.1, 0.15) is 11.5 Å². The Balaban J connectivity index is 2.99. The van der Waals surface area contributed by atoms with Gasteiger partial charge in [0.05, 0.1) is 10.6 Å². The van der Waals surface area contributed by atoms with E-state index in [1.165, 1.54) is 0 Å². The van der Waals surface area contributed by atoms with E-state index in [1.807, 2.05) is 0 Å². The summed E-state index contributed by atoms with van der Waals surface area (Å²) >= 11 is 5.55. The van der Waals surface area contributed by atoms with Crippen molar-refractivity contribution in [2.75, 3.05) is 5.32 Å². The van der Waals surface area contributed by atoms with Crippen molar-refractivity contribution >= 4 is 29.0 Å². The van der Waals surface area contributed by atoms with Crippen molar-refractivity contribution < 1.29 is 18.0 Å². The van der Waals surface area contributed by atoms with Crippen molar-refractivity contribution in [3.8, 4) is 0 Å². The van der Waals surface area contributed by atoms with Crippen LogP contribution in [0.25, 0.3) is 0 Å². The van der Waals surface area contributed by atoms with Gasteiger partial charge in [-0.2, -0.15) is 13.2 Å². The van der Waals surface area contributed by atoms with Crippen LogP contribution >= 0.6 is 11.6 Å². The standard InChI is InChI=1S/C12H9ClF3N3O/c1-3-17-10(7(2)13)11(20)19-9-6-8(4-5-18-9)12(14,15)16/h3-6H,1-2H2,(H,18,19,20). The first-order chi connectivity index (χ1) is 9.25. The predicted molar refractivity (Wildman–Crippen MR) is 70.5 cm³/mol. The highest BCUT2D eigenvalue weighted by molar-refractivity contribution is 6.60. The molecule has 0 spiro atoms. The fourth-order valence-corrected chi connectivity index (χ4v) is 1.33. The summed E-state index contributed by atoms with van der Waals surface area (Å²) in [5.74, 6) is -1.11. The lowest BCUT2D eigenvalue weighted by Gasteiger charge is -2.09. The average Bonchev–Trinajstić information content (AvgIpc) is 2.34. The first-order valence-corrected chi connectivity index (χ1v) is 5.51. The topological polar surface area (TPSA) is 54.4 Å². The Bertz CT molecular complexity index is 582. The van der Waals surface area contributed by atoms with Crippen molar-refractivity contribution in [1.29, 1.82) is 0 Å². The zero-order chi connectivity index (χ0) is 15.3. The number of carbonyl (C=O) groups is 1. The van der Waals surface area contributed by atoms with Crippen LogP contribution in [0, 0.1) is 0 Å². The number of carbonyl (C=O) groups excluding carboxylic acids is 1. The molecule has 8 heteroatoms. The Hall–Kier alpha value is -2.15. The van der Waals surface area contributed by atoms with Gasteiger partial charge in [0, 0.05) is 12.4 Å². The van der Waals surface area contributed by atoms with Gasteiger partial charge in [-0.05, 0) is 12.1 Å². The van der Waals surface area contributed by atoms with Crippen molar-refractivity contribution in [2.24, 2.45) is 4.99 Å². The van der Waals surface area contributed by atoms with Gasteiger partial charge in [0.15, 0.2) is 0 Å². The smallest absolute Gasteiger partial charge is 0.305 e. The van der Waals surface area contributed by atoms with E-state index >= 15 is 0 Å². The van der Waals surface area contributed by atoms with E-state index < -0.39 is 17.6 Å². The number of nitrogens with zero attached hydrogens (tertiary/aromatic N) is 2. The third kappa shape index (κ3) is 4.20. The van der Waals surface area contributed by atoms with E-state index in [0.717, 1.165) is 18.5 Å². The van der Waals surface area contributed by atoms with Crippen LogP contribution in [-0.2, 0) is 11.0 Å². The number of anilines is 1. The summed E-state index contributed by atoms with van der Waals surface area (Å²) in [5.41, 5.74) is -1.20. The minimum atomic E-state index is -4.53. The molecular weight excluding hydrogens is 295 g/mol. The monoisotopic (exact) mass is 303 g/mol. The molecule has 1 heterocycles. The van der Waals surface area contributed by atoms with Crippen LogP contribution < -0.4 is 5.32 Å². The van der Waals surface area contributed by atoms with Crippen LogP contribution in [0.4, 0.5) is 19.0 Å². The number of alkyl halides is 3. The SMILES string of the molecule is C=CN=C(C(=C)Cl)C(=O)Nc1cc(C(F)(F)F)ccn1. The van der Waals surface area contributed by atoms with Crippen LogP contribution in [0.1, 0.15) is 5.56 Å². The van der Waals surface area contributed by atoms with Gasteiger partial charge in [0.25, 0.3) is 5.91 Å². The second kappa shape index (κ2) is 6.33. The Labute approximate surface area is 117 Å². The summed E-state index contributed by atoms with van der Waals surface area (Å²) in [6.45, 7) is 6.61. The number of hydrogen-bond donors (Lipinski definition) is 1. The highest BCUT2D eigenvalue weighted by Gasteiger charge is 2.31. The molecule has 1 N–H and O–H groups in total. The zero-order valence-electron chi connectivity index (χ0n) is 10.0. The van der Waals surface area contributed by atoms with Gasteiger partial charge in [-0.1, -0.05) is 24.8 Å². The van der Waals surface area contributed by atoms with E-state index in [4.69, 9.17) is 11.6 Å². The van der Waals surface area contributed by atoms with Crippen molar-refractivity contribution in [2.45, 2.75) is 6.18 Å². The van der Waals surface area contributed by atoms with Crippen LogP contribution in [-0.4, -0.2) is 16.6 Å². The van der Waals surface area contributed by atoms with E-state index in [2.05, 4.69) is 28.5 Å². The largest absolute Gasteiger partial charge is 0.416 e. The number of amides is 1. The van der Waals surface area contributed by atoms with E-state index in [-0.39, 0.29) is 16.6 Å². The van der Waals surface area contributed by atoms with Crippen molar-refractivity contribution in [3.63, 3.8) is 0 Å². The van der Waals surface area contributed by atoms with Gasteiger partial charge in [-0.3, -0.25) is 9.79 Å². The summed E-state index contributed by atoms with van der Waals surface area (Å²) in [6.07, 6.45) is -2.54. The maximum absolute atomic E-state index is 12.5. The molecule has 0 atom stereocenters. The Morgan fingerprint density at radius 1 is 1.50 bits per heavy atom. The second-order valence-electron chi connectivity index (χ2n) is 3.45. The Morgan fingerprint density at radius 3 is 2.65 bits per heavy atom. The molecule has 1 aromatic heterocycles. The first-order valence-electron chi connectivity index (χ1n) is 5.13. The molecule has 4 nitrogen and oxygen atoms in total. The molecule has 0 fully saturated rings. The quantitative estimate of drug-likeness (QED) is 0.867. The summed E-state index contributed by atoms with van der Waals surface area (Å²) in [7, 11) is 0. The van der Waals surface area contributed by atoms with E-state index in [9.17, 15) is 18.0 Å². The first kappa shape index (κ1) is 15.9. The van der Waals surface area contributed by atoms with Crippen LogP contribution in [0.5, 0.6) is 0 Å². The minimum Gasteiger partial charge on any atom is -0.305 e. The van der Waals surface area contributed by atoms with E-state index in [0.29, 0.717) is 6.07 Å². The fourth-order valence-electron chi connectivity index (χ4n) is 1.19. The molecule has 1 aromatic rings. The minimum absolute atomic E-state index is 0.172. The fraction of sp³-hybridized carbons (Fsp3) is 0.0833. The molecule has 106 valence electrons. The number of pyridine rings is 1. The number of nitrogens with one attached hydrogen (secondary N) is 1. The maximum atomic E-state index is 12.5. The Morgan fingerprint density at radius 2 is 2.15 bits per heavy atom. The average molecular weight is 304 g/mol. The molecule has 0 saturated carbocycles. The lowest BCUT2D eigenvalue weighted by molar-refractivity contribution is -0.137. The lowest BCUT2D eigenvalue weighted by atomic mass is 10.2. The molecule has 0 aliphatic heterocycles. The Kier molecular flexibility index (Phi) is 5.04. The molecular formula is C12H9ClF3N3O. The zero-order valence-corrected chi connectivity index (χ0v) is 10.8. The molecule has 20 heavy (non-hydrogen) atoms. The molecule has 0 radical (unpaired) electrons. The molecule has 0 saturated heterocycles. The van der Waals surface area contributed by atoms with Crippen LogP contribution in [0.2, 0.25) is 0 Å². The molecule has 0 unspecified atom stereocenters.